The molecule has 0 amide bonds. The summed E-state index contributed by atoms with van der Waals surface area (Å²) in [5.74, 6) is 1.18. The van der Waals surface area contributed by atoms with Crippen LogP contribution < -0.4 is 0 Å². The highest BCUT2D eigenvalue weighted by Crippen LogP contribution is 2.38. The lowest BCUT2D eigenvalue weighted by Crippen LogP contribution is -2.21. The van der Waals surface area contributed by atoms with Crippen molar-refractivity contribution in [3.05, 3.63) is 23.8 Å². The fraction of sp³-hybridized carbons (Fsp3) is 0.643. The largest absolute Gasteiger partial charge is 0.466 e. The van der Waals surface area contributed by atoms with Crippen molar-refractivity contribution in [2.75, 3.05) is 6.61 Å². The van der Waals surface area contributed by atoms with Gasteiger partial charge < -0.3 is 4.74 Å². The first kappa shape index (κ1) is 13.0. The maximum atomic E-state index is 11.9. The molecule has 1 aromatic rings. The van der Waals surface area contributed by atoms with Gasteiger partial charge in [-0.1, -0.05) is 13.8 Å². The third kappa shape index (κ3) is 2.86. The van der Waals surface area contributed by atoms with Crippen LogP contribution in [0.2, 0.25) is 0 Å². The van der Waals surface area contributed by atoms with Crippen LogP contribution in [0.5, 0.6) is 0 Å². The third-order valence-corrected chi connectivity index (χ3v) is 3.20. The maximum absolute atomic E-state index is 11.9. The number of carbonyl (C=O) groups excluding carboxylic acids is 1. The molecule has 0 aromatic carbocycles. The minimum Gasteiger partial charge on any atom is -0.466 e. The van der Waals surface area contributed by atoms with Gasteiger partial charge in [-0.3, -0.25) is 4.79 Å². The molecular weight excluding hydrogens is 228 g/mol. The number of ether oxygens (including phenoxy) is 1. The van der Waals surface area contributed by atoms with E-state index in [-0.39, 0.29) is 17.8 Å². The van der Waals surface area contributed by atoms with Crippen LogP contribution in [0.25, 0.3) is 0 Å². The normalized spacial score (nSPS) is 16.7. The summed E-state index contributed by atoms with van der Waals surface area (Å²) in [4.78, 5) is 20.7. The maximum Gasteiger partial charge on any atom is 0.313 e. The van der Waals surface area contributed by atoms with Gasteiger partial charge in [-0.15, -0.1) is 0 Å². The van der Waals surface area contributed by atoms with E-state index in [1.54, 1.807) is 12.4 Å². The minimum absolute atomic E-state index is 0.180. The van der Waals surface area contributed by atoms with Crippen LogP contribution in [-0.4, -0.2) is 22.5 Å². The Bertz CT molecular complexity index is 410. The standard InChI is InChI=1S/C14H20N2O2/c1-4-18-14(17)12(9(2)3)11-7-15-13(16-8-11)10-5-6-10/h7-10,12H,4-6H2,1-3H3. The fourth-order valence-electron chi connectivity index (χ4n) is 2.09. The van der Waals surface area contributed by atoms with Crippen molar-refractivity contribution in [3.8, 4) is 0 Å². The van der Waals surface area contributed by atoms with Crippen molar-refractivity contribution in [1.82, 2.24) is 9.97 Å². The second kappa shape index (κ2) is 5.46. The van der Waals surface area contributed by atoms with E-state index in [4.69, 9.17) is 4.74 Å². The van der Waals surface area contributed by atoms with Crippen molar-refractivity contribution in [3.63, 3.8) is 0 Å². The van der Waals surface area contributed by atoms with Gasteiger partial charge in [0.05, 0.1) is 12.5 Å². The van der Waals surface area contributed by atoms with E-state index >= 15 is 0 Å². The summed E-state index contributed by atoms with van der Waals surface area (Å²) in [6.07, 6.45) is 5.93. The zero-order chi connectivity index (χ0) is 13.1. The van der Waals surface area contributed by atoms with Gasteiger partial charge in [0.25, 0.3) is 0 Å². The Morgan fingerprint density at radius 3 is 2.44 bits per heavy atom. The van der Waals surface area contributed by atoms with Crippen LogP contribution in [0.1, 0.15) is 56.8 Å². The summed E-state index contributed by atoms with van der Waals surface area (Å²) in [6, 6.07) is 0. The lowest BCUT2D eigenvalue weighted by atomic mass is 9.90. The third-order valence-electron chi connectivity index (χ3n) is 3.20. The first-order valence-corrected chi connectivity index (χ1v) is 6.62. The van der Waals surface area contributed by atoms with E-state index in [9.17, 15) is 4.79 Å². The summed E-state index contributed by atoms with van der Waals surface area (Å²) in [6.45, 7) is 6.25. The fourth-order valence-corrected chi connectivity index (χ4v) is 2.09. The lowest BCUT2D eigenvalue weighted by molar-refractivity contribution is -0.146. The number of hydrogen-bond donors (Lipinski definition) is 0. The molecule has 1 unspecified atom stereocenters. The highest BCUT2D eigenvalue weighted by Gasteiger charge is 2.29. The number of hydrogen-bond acceptors (Lipinski definition) is 4. The smallest absolute Gasteiger partial charge is 0.313 e. The van der Waals surface area contributed by atoms with Crippen LogP contribution in [0.15, 0.2) is 12.4 Å². The molecular formula is C14H20N2O2. The molecule has 4 nitrogen and oxygen atoms in total. The monoisotopic (exact) mass is 248 g/mol. The number of esters is 1. The summed E-state index contributed by atoms with van der Waals surface area (Å²) in [5, 5.41) is 0. The molecule has 0 N–H and O–H groups in total. The average Bonchev–Trinajstić information content (AvgIpc) is 3.14. The molecule has 1 aliphatic rings. The number of carbonyl (C=O) groups is 1. The molecule has 1 aromatic heterocycles. The first-order chi connectivity index (χ1) is 8.63. The van der Waals surface area contributed by atoms with Crippen LogP contribution >= 0.6 is 0 Å². The van der Waals surface area contributed by atoms with Crippen LogP contribution in [-0.2, 0) is 9.53 Å². The van der Waals surface area contributed by atoms with Gasteiger partial charge in [0.1, 0.15) is 5.82 Å². The van der Waals surface area contributed by atoms with Gasteiger partial charge in [-0.25, -0.2) is 9.97 Å². The minimum atomic E-state index is -0.266. The molecule has 18 heavy (non-hydrogen) atoms. The average molecular weight is 248 g/mol. The van der Waals surface area contributed by atoms with E-state index in [2.05, 4.69) is 9.97 Å². The van der Waals surface area contributed by atoms with Crippen molar-refractivity contribution >= 4 is 5.97 Å². The van der Waals surface area contributed by atoms with E-state index in [1.165, 1.54) is 12.8 Å². The molecule has 0 spiro atoms. The summed E-state index contributed by atoms with van der Waals surface area (Å²) >= 11 is 0. The summed E-state index contributed by atoms with van der Waals surface area (Å²) in [5.41, 5.74) is 0.854. The molecule has 1 aliphatic carbocycles. The zero-order valence-corrected chi connectivity index (χ0v) is 11.2. The topological polar surface area (TPSA) is 52.1 Å². The zero-order valence-electron chi connectivity index (χ0n) is 11.2. The molecule has 1 saturated carbocycles. The Morgan fingerprint density at radius 1 is 1.39 bits per heavy atom. The first-order valence-electron chi connectivity index (χ1n) is 6.62. The Hall–Kier alpha value is -1.45. The van der Waals surface area contributed by atoms with Crippen molar-refractivity contribution in [1.29, 1.82) is 0 Å². The SMILES string of the molecule is CCOC(=O)C(c1cnc(C2CC2)nc1)C(C)C. The molecule has 0 radical (unpaired) electrons. The quantitative estimate of drug-likeness (QED) is 0.752. The predicted octanol–water partition coefficient (Wildman–Crippen LogP) is 2.66. The number of nitrogens with zero attached hydrogens (tertiary/aromatic N) is 2. The Balaban J connectivity index is 2.16. The molecule has 1 atom stereocenters. The molecule has 98 valence electrons. The highest BCUT2D eigenvalue weighted by molar-refractivity contribution is 5.78. The molecule has 1 heterocycles. The molecule has 1 fully saturated rings. The molecule has 0 saturated heterocycles. The van der Waals surface area contributed by atoms with Gasteiger partial charge in [-0.2, -0.15) is 0 Å². The Morgan fingerprint density at radius 2 is 2.00 bits per heavy atom. The number of rotatable bonds is 5. The van der Waals surface area contributed by atoms with Crippen molar-refractivity contribution < 1.29 is 9.53 Å². The van der Waals surface area contributed by atoms with Crippen LogP contribution in [0.4, 0.5) is 0 Å². The Labute approximate surface area is 108 Å². The molecule has 0 aliphatic heterocycles. The van der Waals surface area contributed by atoms with Gasteiger partial charge in [-0.05, 0) is 25.7 Å². The second-order valence-corrected chi connectivity index (χ2v) is 5.12. The van der Waals surface area contributed by atoms with E-state index in [1.807, 2.05) is 20.8 Å². The summed E-state index contributed by atoms with van der Waals surface area (Å²) in [7, 11) is 0. The van der Waals surface area contributed by atoms with Crippen molar-refractivity contribution in [2.24, 2.45) is 5.92 Å². The van der Waals surface area contributed by atoms with Gasteiger partial charge >= 0.3 is 5.97 Å². The summed E-state index contributed by atoms with van der Waals surface area (Å²) < 4.78 is 5.12. The van der Waals surface area contributed by atoms with E-state index < -0.39 is 0 Å². The molecule has 0 bridgehead atoms. The van der Waals surface area contributed by atoms with Crippen LogP contribution in [0, 0.1) is 5.92 Å². The van der Waals surface area contributed by atoms with E-state index in [0.29, 0.717) is 12.5 Å². The van der Waals surface area contributed by atoms with Crippen LogP contribution in [0.3, 0.4) is 0 Å². The van der Waals surface area contributed by atoms with Crippen molar-refractivity contribution in [2.45, 2.75) is 45.4 Å². The molecule has 4 heteroatoms. The van der Waals surface area contributed by atoms with Gasteiger partial charge in [0.15, 0.2) is 0 Å². The Kier molecular flexibility index (Phi) is 3.94. The van der Waals surface area contributed by atoms with Gasteiger partial charge in [0.2, 0.25) is 0 Å². The highest BCUT2D eigenvalue weighted by atomic mass is 16.5. The van der Waals surface area contributed by atoms with Gasteiger partial charge in [0, 0.05) is 23.9 Å². The predicted molar refractivity (Wildman–Crippen MR) is 68.2 cm³/mol. The lowest BCUT2D eigenvalue weighted by Gasteiger charge is -2.18. The number of aromatic nitrogens is 2. The molecule has 2 rings (SSSR count). The second-order valence-electron chi connectivity index (χ2n) is 5.12. The van der Waals surface area contributed by atoms with E-state index in [0.717, 1.165) is 11.4 Å².